The van der Waals surface area contributed by atoms with Crippen molar-refractivity contribution in [1.29, 1.82) is 0 Å². The van der Waals surface area contributed by atoms with Gasteiger partial charge < -0.3 is 4.74 Å². The first-order valence-corrected chi connectivity index (χ1v) is 10.4. The van der Waals surface area contributed by atoms with Gasteiger partial charge in [0.05, 0.1) is 18.9 Å². The van der Waals surface area contributed by atoms with E-state index in [9.17, 15) is 0 Å². The van der Waals surface area contributed by atoms with Gasteiger partial charge in [0.1, 0.15) is 0 Å². The van der Waals surface area contributed by atoms with Gasteiger partial charge in [-0.2, -0.15) is 5.10 Å². The van der Waals surface area contributed by atoms with E-state index in [4.69, 9.17) is 4.74 Å². The highest BCUT2D eigenvalue weighted by Gasteiger charge is 2.27. The Balaban J connectivity index is 1.30. The molecule has 6 heteroatoms. The molecule has 1 aromatic carbocycles. The van der Waals surface area contributed by atoms with Crippen LogP contribution in [-0.4, -0.2) is 58.2 Å². The van der Waals surface area contributed by atoms with Gasteiger partial charge in [-0.15, -0.1) is 0 Å². The van der Waals surface area contributed by atoms with Gasteiger partial charge in [0, 0.05) is 48.4 Å². The van der Waals surface area contributed by atoms with E-state index < -0.39 is 0 Å². The molecule has 0 atom stereocenters. The highest BCUT2D eigenvalue weighted by Crippen LogP contribution is 2.36. The topological polar surface area (TPSA) is 44.4 Å². The monoisotopic (exact) mass is 372 g/mol. The Morgan fingerprint density at radius 3 is 2.58 bits per heavy atom. The minimum absolute atomic E-state index is 0.609. The number of nitrogens with zero attached hydrogens (tertiary/aromatic N) is 3. The van der Waals surface area contributed by atoms with Gasteiger partial charge in [0.2, 0.25) is 0 Å². The number of benzene rings is 1. The number of hydrogen-bond acceptors (Lipinski definition) is 5. The number of hydrogen-bond donors (Lipinski definition) is 1. The molecule has 0 amide bonds. The highest BCUT2D eigenvalue weighted by molar-refractivity contribution is 7.94. The van der Waals surface area contributed by atoms with Gasteiger partial charge in [-0.25, -0.2) is 8.61 Å². The third-order valence-electron chi connectivity index (χ3n) is 5.53. The number of aromatic amines is 1. The van der Waals surface area contributed by atoms with Crippen LogP contribution in [-0.2, 0) is 4.74 Å². The van der Waals surface area contributed by atoms with Crippen LogP contribution in [0.25, 0.3) is 11.3 Å². The van der Waals surface area contributed by atoms with Crippen molar-refractivity contribution in [3.8, 4) is 11.3 Å². The molecule has 1 aliphatic carbocycles. The standard InChI is InChI=1S/C20H28N4OS/c1-23(26-24-11-13-25-14-12-24)18-9-7-17(8-10-18)20-15-19(21-22-20)16-5-3-2-4-6-16/h2-6,15,17-18H,7-14H2,1H3,(H,21,22). The number of morpholine rings is 1. The van der Waals surface area contributed by atoms with Crippen molar-refractivity contribution in [3.05, 3.63) is 42.1 Å². The molecule has 1 N–H and O–H groups in total. The summed E-state index contributed by atoms with van der Waals surface area (Å²) < 4.78 is 10.3. The maximum absolute atomic E-state index is 5.44. The van der Waals surface area contributed by atoms with E-state index in [-0.39, 0.29) is 0 Å². The van der Waals surface area contributed by atoms with Crippen molar-refractivity contribution in [1.82, 2.24) is 18.8 Å². The summed E-state index contributed by atoms with van der Waals surface area (Å²) in [6.45, 7) is 3.77. The summed E-state index contributed by atoms with van der Waals surface area (Å²) in [5.41, 5.74) is 3.54. The van der Waals surface area contributed by atoms with E-state index >= 15 is 0 Å². The molecule has 2 fully saturated rings. The van der Waals surface area contributed by atoms with Crippen LogP contribution in [0.1, 0.15) is 37.3 Å². The predicted octanol–water partition coefficient (Wildman–Crippen LogP) is 3.93. The lowest BCUT2D eigenvalue weighted by molar-refractivity contribution is 0.0753. The van der Waals surface area contributed by atoms with Gasteiger partial charge in [-0.1, -0.05) is 30.3 Å². The molecule has 0 radical (unpaired) electrons. The maximum atomic E-state index is 5.44. The molecule has 0 unspecified atom stereocenters. The number of aromatic nitrogens is 2. The fourth-order valence-corrected chi connectivity index (χ4v) is 4.95. The Kier molecular flexibility index (Phi) is 5.94. The molecule has 1 saturated carbocycles. The first kappa shape index (κ1) is 18.0. The zero-order chi connectivity index (χ0) is 17.8. The molecule has 26 heavy (non-hydrogen) atoms. The minimum Gasteiger partial charge on any atom is -0.379 e. The maximum Gasteiger partial charge on any atom is 0.0923 e. The van der Waals surface area contributed by atoms with Crippen LogP contribution >= 0.6 is 12.1 Å². The van der Waals surface area contributed by atoms with Gasteiger partial charge in [-0.3, -0.25) is 5.10 Å². The quantitative estimate of drug-likeness (QED) is 0.806. The average molecular weight is 373 g/mol. The molecule has 2 aliphatic rings. The van der Waals surface area contributed by atoms with E-state index in [2.05, 4.69) is 56.2 Å². The molecule has 2 aromatic rings. The SMILES string of the molecule is CN(SN1CCOCC1)C1CCC(c2cc(-c3ccccc3)n[nH]2)CC1. The second-order valence-electron chi connectivity index (χ2n) is 7.25. The van der Waals surface area contributed by atoms with Gasteiger partial charge in [0.15, 0.2) is 0 Å². The van der Waals surface area contributed by atoms with Crippen molar-refractivity contribution in [2.75, 3.05) is 33.4 Å². The molecule has 1 aromatic heterocycles. The fourth-order valence-electron chi connectivity index (χ4n) is 3.93. The summed E-state index contributed by atoms with van der Waals surface area (Å²) in [5.74, 6) is 0.609. The molecule has 5 nitrogen and oxygen atoms in total. The summed E-state index contributed by atoms with van der Waals surface area (Å²) >= 11 is 1.89. The molecular weight excluding hydrogens is 344 g/mol. The summed E-state index contributed by atoms with van der Waals surface area (Å²) in [6.07, 6.45) is 4.96. The zero-order valence-corrected chi connectivity index (χ0v) is 16.3. The third-order valence-corrected chi connectivity index (χ3v) is 6.68. The lowest BCUT2D eigenvalue weighted by Gasteiger charge is -2.36. The molecule has 4 rings (SSSR count). The molecule has 0 spiro atoms. The van der Waals surface area contributed by atoms with E-state index in [1.165, 1.54) is 36.9 Å². The molecule has 1 saturated heterocycles. The Bertz CT molecular complexity index is 678. The van der Waals surface area contributed by atoms with E-state index in [1.54, 1.807) is 0 Å². The first-order chi connectivity index (χ1) is 12.8. The molecule has 2 heterocycles. The molecule has 0 bridgehead atoms. The van der Waals surface area contributed by atoms with Crippen molar-refractivity contribution < 1.29 is 4.74 Å². The molecule has 140 valence electrons. The lowest BCUT2D eigenvalue weighted by atomic mass is 9.84. The van der Waals surface area contributed by atoms with Crippen molar-refractivity contribution >= 4 is 12.1 Å². The summed E-state index contributed by atoms with van der Waals surface area (Å²) in [4.78, 5) is 0. The van der Waals surface area contributed by atoms with Crippen molar-refractivity contribution in [2.24, 2.45) is 0 Å². The highest BCUT2D eigenvalue weighted by atomic mass is 32.2. The Morgan fingerprint density at radius 1 is 1.12 bits per heavy atom. The fraction of sp³-hybridized carbons (Fsp3) is 0.550. The van der Waals surface area contributed by atoms with Gasteiger partial charge in [0.25, 0.3) is 0 Å². The van der Waals surface area contributed by atoms with Crippen LogP contribution in [0.4, 0.5) is 0 Å². The second-order valence-corrected chi connectivity index (χ2v) is 8.50. The number of H-pyrrole nitrogens is 1. The van der Waals surface area contributed by atoms with Gasteiger partial charge >= 0.3 is 0 Å². The van der Waals surface area contributed by atoms with Crippen LogP contribution in [0.3, 0.4) is 0 Å². The van der Waals surface area contributed by atoms with Crippen molar-refractivity contribution in [2.45, 2.75) is 37.6 Å². The number of ether oxygens (including phenoxy) is 1. The summed E-state index contributed by atoms with van der Waals surface area (Å²) in [6, 6.07) is 13.3. The normalized spacial score (nSPS) is 24.8. The smallest absolute Gasteiger partial charge is 0.0923 e. The number of rotatable bonds is 5. The predicted molar refractivity (Wildman–Crippen MR) is 107 cm³/mol. The Morgan fingerprint density at radius 2 is 1.85 bits per heavy atom. The molecular formula is C20H28N4OS. The lowest BCUT2D eigenvalue weighted by Crippen LogP contribution is -2.38. The van der Waals surface area contributed by atoms with Crippen LogP contribution in [0.5, 0.6) is 0 Å². The largest absolute Gasteiger partial charge is 0.379 e. The van der Waals surface area contributed by atoms with E-state index in [0.717, 1.165) is 32.0 Å². The van der Waals surface area contributed by atoms with Crippen LogP contribution in [0.2, 0.25) is 0 Å². The molecule has 1 aliphatic heterocycles. The Labute approximate surface area is 160 Å². The Hall–Kier alpha value is -1.34. The summed E-state index contributed by atoms with van der Waals surface area (Å²) in [7, 11) is 2.24. The zero-order valence-electron chi connectivity index (χ0n) is 15.4. The van der Waals surface area contributed by atoms with E-state index in [0.29, 0.717) is 12.0 Å². The second kappa shape index (κ2) is 8.57. The first-order valence-electron chi connectivity index (χ1n) is 9.64. The van der Waals surface area contributed by atoms with Crippen LogP contribution in [0, 0.1) is 0 Å². The van der Waals surface area contributed by atoms with E-state index in [1.807, 2.05) is 18.2 Å². The average Bonchev–Trinajstić information content (AvgIpc) is 3.20. The van der Waals surface area contributed by atoms with Crippen LogP contribution in [0.15, 0.2) is 36.4 Å². The summed E-state index contributed by atoms with van der Waals surface area (Å²) in [5, 5.41) is 7.83. The van der Waals surface area contributed by atoms with Crippen molar-refractivity contribution in [3.63, 3.8) is 0 Å². The van der Waals surface area contributed by atoms with Crippen LogP contribution < -0.4 is 0 Å². The minimum atomic E-state index is 0.609. The van der Waals surface area contributed by atoms with Gasteiger partial charge in [-0.05, 0) is 38.8 Å². The number of nitrogens with one attached hydrogen (secondary N) is 1. The third kappa shape index (κ3) is 4.31.